The van der Waals surface area contributed by atoms with Gasteiger partial charge in [-0.3, -0.25) is 0 Å². The summed E-state index contributed by atoms with van der Waals surface area (Å²) in [6.07, 6.45) is 2.41. The van der Waals surface area contributed by atoms with Crippen LogP contribution in [0.15, 0.2) is 65.1 Å². The van der Waals surface area contributed by atoms with Crippen LogP contribution in [0.25, 0.3) is 11.3 Å². The van der Waals surface area contributed by atoms with Gasteiger partial charge in [-0.2, -0.15) is 4.98 Å². The first kappa shape index (κ1) is 16.1. The summed E-state index contributed by atoms with van der Waals surface area (Å²) in [5.41, 5.74) is 3.05. The second kappa shape index (κ2) is 7.23. The minimum Gasteiger partial charge on any atom is -0.341 e. The third kappa shape index (κ3) is 3.82. The van der Waals surface area contributed by atoms with Gasteiger partial charge in [0.2, 0.25) is 5.95 Å². The summed E-state index contributed by atoms with van der Waals surface area (Å²) in [6.45, 7) is 2.05. The van der Waals surface area contributed by atoms with Gasteiger partial charge >= 0.3 is 0 Å². The molecule has 0 aliphatic carbocycles. The predicted octanol–water partition coefficient (Wildman–Crippen LogP) is 5.25. The summed E-state index contributed by atoms with van der Waals surface area (Å²) in [5.74, 6) is 1.62. The fourth-order valence-corrected chi connectivity index (χ4v) is 3.26. The number of nitrogens with zero attached hydrogens (tertiary/aromatic N) is 3. The lowest BCUT2D eigenvalue weighted by Gasteiger charge is -2.18. The standard InChI is InChI=1S/C20H19BrN4/c21-16-8-10-17(11-9-16)22-19-14-18(15-6-2-1-3-7-15)23-20(24-19)25-12-4-5-13-25/h1-3,6-11,14H,4-5,12-13H2,(H,22,23,24). The number of hydrogen-bond acceptors (Lipinski definition) is 4. The summed E-state index contributed by atoms with van der Waals surface area (Å²) >= 11 is 3.47. The van der Waals surface area contributed by atoms with Crippen molar-refractivity contribution in [2.24, 2.45) is 0 Å². The Labute approximate surface area is 156 Å². The Balaban J connectivity index is 1.71. The maximum absolute atomic E-state index is 4.81. The molecule has 1 aliphatic heterocycles. The molecule has 1 aromatic heterocycles. The molecule has 0 unspecified atom stereocenters. The zero-order chi connectivity index (χ0) is 17.1. The zero-order valence-corrected chi connectivity index (χ0v) is 15.4. The number of aromatic nitrogens is 2. The summed E-state index contributed by atoms with van der Waals surface area (Å²) in [6, 6.07) is 20.4. The Morgan fingerprint density at radius 2 is 1.60 bits per heavy atom. The van der Waals surface area contributed by atoms with Crippen LogP contribution in [-0.2, 0) is 0 Å². The van der Waals surface area contributed by atoms with Crippen molar-refractivity contribution in [3.05, 3.63) is 65.1 Å². The molecule has 0 amide bonds. The lowest BCUT2D eigenvalue weighted by Crippen LogP contribution is -2.21. The molecule has 0 bridgehead atoms. The van der Waals surface area contributed by atoms with E-state index in [4.69, 9.17) is 9.97 Å². The van der Waals surface area contributed by atoms with Crippen molar-refractivity contribution in [1.29, 1.82) is 0 Å². The fourth-order valence-electron chi connectivity index (χ4n) is 3.00. The largest absolute Gasteiger partial charge is 0.341 e. The van der Waals surface area contributed by atoms with Crippen molar-refractivity contribution in [2.45, 2.75) is 12.8 Å². The predicted molar refractivity (Wildman–Crippen MR) is 106 cm³/mol. The molecule has 2 aromatic carbocycles. The van der Waals surface area contributed by atoms with Gasteiger partial charge in [0.25, 0.3) is 0 Å². The first-order chi connectivity index (χ1) is 12.3. The Kier molecular flexibility index (Phi) is 4.65. The van der Waals surface area contributed by atoms with E-state index in [1.807, 2.05) is 48.5 Å². The van der Waals surface area contributed by atoms with E-state index in [2.05, 4.69) is 38.3 Å². The molecule has 126 valence electrons. The molecule has 2 heterocycles. The van der Waals surface area contributed by atoms with Crippen molar-refractivity contribution >= 4 is 33.4 Å². The normalized spacial score (nSPS) is 13.9. The van der Waals surface area contributed by atoms with Crippen LogP contribution < -0.4 is 10.2 Å². The lowest BCUT2D eigenvalue weighted by atomic mass is 10.1. The molecule has 0 spiro atoms. The van der Waals surface area contributed by atoms with Crippen LogP contribution in [0, 0.1) is 0 Å². The molecule has 1 saturated heterocycles. The molecule has 1 fully saturated rings. The molecule has 4 rings (SSSR count). The Bertz CT molecular complexity index is 843. The minimum absolute atomic E-state index is 0.804. The number of hydrogen-bond donors (Lipinski definition) is 1. The van der Waals surface area contributed by atoms with Crippen LogP contribution in [0.1, 0.15) is 12.8 Å². The molecule has 1 aliphatic rings. The van der Waals surface area contributed by atoms with Crippen molar-refractivity contribution in [3.63, 3.8) is 0 Å². The fraction of sp³-hybridized carbons (Fsp3) is 0.200. The minimum atomic E-state index is 0.804. The van der Waals surface area contributed by atoms with E-state index in [-0.39, 0.29) is 0 Å². The van der Waals surface area contributed by atoms with E-state index in [0.29, 0.717) is 0 Å². The smallest absolute Gasteiger partial charge is 0.227 e. The van der Waals surface area contributed by atoms with Crippen LogP contribution in [0.4, 0.5) is 17.5 Å². The van der Waals surface area contributed by atoms with E-state index in [1.165, 1.54) is 12.8 Å². The molecule has 1 N–H and O–H groups in total. The third-order valence-corrected chi connectivity index (χ3v) is 4.82. The van der Waals surface area contributed by atoms with Gasteiger partial charge in [0.1, 0.15) is 5.82 Å². The zero-order valence-electron chi connectivity index (χ0n) is 13.8. The first-order valence-electron chi connectivity index (χ1n) is 8.50. The van der Waals surface area contributed by atoms with Crippen molar-refractivity contribution in [2.75, 3.05) is 23.3 Å². The van der Waals surface area contributed by atoms with E-state index >= 15 is 0 Å². The summed E-state index contributed by atoms with van der Waals surface area (Å²) in [7, 11) is 0. The summed E-state index contributed by atoms with van der Waals surface area (Å²) in [4.78, 5) is 11.8. The second-order valence-electron chi connectivity index (χ2n) is 6.13. The van der Waals surface area contributed by atoms with Gasteiger partial charge in [-0.15, -0.1) is 0 Å². The molecule has 25 heavy (non-hydrogen) atoms. The van der Waals surface area contributed by atoms with Crippen LogP contribution in [0.3, 0.4) is 0 Å². The number of halogens is 1. The molecule has 3 aromatic rings. The van der Waals surface area contributed by atoms with Gasteiger partial charge in [0, 0.05) is 34.9 Å². The van der Waals surface area contributed by atoms with Crippen LogP contribution >= 0.6 is 15.9 Å². The van der Waals surface area contributed by atoms with E-state index < -0.39 is 0 Å². The van der Waals surface area contributed by atoms with Crippen LogP contribution in [-0.4, -0.2) is 23.1 Å². The van der Waals surface area contributed by atoms with Gasteiger partial charge in [-0.25, -0.2) is 4.98 Å². The van der Waals surface area contributed by atoms with Gasteiger partial charge in [-0.05, 0) is 37.1 Å². The quantitative estimate of drug-likeness (QED) is 0.655. The number of nitrogens with one attached hydrogen (secondary N) is 1. The van der Waals surface area contributed by atoms with E-state index in [1.54, 1.807) is 0 Å². The SMILES string of the molecule is Brc1ccc(Nc2cc(-c3ccccc3)nc(N3CCCC3)n2)cc1. The van der Waals surface area contributed by atoms with E-state index in [9.17, 15) is 0 Å². The highest BCUT2D eigenvalue weighted by Crippen LogP contribution is 2.26. The van der Waals surface area contributed by atoms with Crippen molar-refractivity contribution in [1.82, 2.24) is 9.97 Å². The number of benzene rings is 2. The molecule has 4 nitrogen and oxygen atoms in total. The van der Waals surface area contributed by atoms with Gasteiger partial charge in [-0.1, -0.05) is 46.3 Å². The maximum atomic E-state index is 4.81. The molecular formula is C20H19BrN4. The molecule has 0 radical (unpaired) electrons. The Morgan fingerprint density at radius 3 is 2.32 bits per heavy atom. The Morgan fingerprint density at radius 1 is 0.880 bits per heavy atom. The van der Waals surface area contributed by atoms with Gasteiger partial charge in [0.15, 0.2) is 0 Å². The topological polar surface area (TPSA) is 41.1 Å². The summed E-state index contributed by atoms with van der Waals surface area (Å²) in [5, 5.41) is 3.41. The number of anilines is 3. The number of rotatable bonds is 4. The monoisotopic (exact) mass is 394 g/mol. The van der Waals surface area contributed by atoms with Crippen molar-refractivity contribution < 1.29 is 0 Å². The average Bonchev–Trinajstić information content (AvgIpc) is 3.19. The highest BCUT2D eigenvalue weighted by atomic mass is 79.9. The third-order valence-electron chi connectivity index (χ3n) is 4.29. The molecule has 0 saturated carbocycles. The van der Waals surface area contributed by atoms with Gasteiger partial charge in [0.05, 0.1) is 5.69 Å². The maximum Gasteiger partial charge on any atom is 0.227 e. The molecular weight excluding hydrogens is 376 g/mol. The highest BCUT2D eigenvalue weighted by Gasteiger charge is 2.17. The van der Waals surface area contributed by atoms with Crippen molar-refractivity contribution in [3.8, 4) is 11.3 Å². The average molecular weight is 395 g/mol. The highest BCUT2D eigenvalue weighted by molar-refractivity contribution is 9.10. The second-order valence-corrected chi connectivity index (χ2v) is 7.05. The van der Waals surface area contributed by atoms with Crippen LogP contribution in [0.5, 0.6) is 0 Å². The summed E-state index contributed by atoms with van der Waals surface area (Å²) < 4.78 is 1.06. The molecule has 5 heteroatoms. The lowest BCUT2D eigenvalue weighted by molar-refractivity contribution is 0.902. The van der Waals surface area contributed by atoms with E-state index in [0.717, 1.165) is 46.3 Å². The van der Waals surface area contributed by atoms with Crippen LogP contribution in [0.2, 0.25) is 0 Å². The van der Waals surface area contributed by atoms with Gasteiger partial charge < -0.3 is 10.2 Å². The molecule has 0 atom stereocenters. The Hall–Kier alpha value is -2.40. The first-order valence-corrected chi connectivity index (χ1v) is 9.29.